The van der Waals surface area contributed by atoms with Crippen LogP contribution in [0.2, 0.25) is 0 Å². The highest BCUT2D eigenvalue weighted by atomic mass is 16.6. The van der Waals surface area contributed by atoms with Crippen molar-refractivity contribution < 1.29 is 19.4 Å². The lowest BCUT2D eigenvalue weighted by atomic mass is 9.92. The zero-order valence-corrected chi connectivity index (χ0v) is 10.1. The van der Waals surface area contributed by atoms with Crippen molar-refractivity contribution in [2.24, 2.45) is 11.8 Å². The molecule has 17 heavy (non-hydrogen) atoms. The van der Waals surface area contributed by atoms with Crippen molar-refractivity contribution in [1.29, 1.82) is 0 Å². The van der Waals surface area contributed by atoms with Gasteiger partial charge in [0.2, 0.25) is 0 Å². The third-order valence-corrected chi connectivity index (χ3v) is 3.00. The van der Waals surface area contributed by atoms with Gasteiger partial charge in [-0.05, 0) is 12.3 Å². The van der Waals surface area contributed by atoms with Crippen LogP contribution in [0.3, 0.4) is 0 Å². The van der Waals surface area contributed by atoms with Crippen LogP contribution in [0.15, 0.2) is 12.7 Å². The molecule has 0 aliphatic carbocycles. The van der Waals surface area contributed by atoms with Gasteiger partial charge in [0.05, 0.1) is 5.92 Å². The van der Waals surface area contributed by atoms with E-state index in [0.717, 1.165) is 12.8 Å². The Morgan fingerprint density at radius 2 is 2.24 bits per heavy atom. The number of ether oxygens (including phenoxy) is 1. The standard InChI is InChI=1S/C12H19NO4/c1-3-5-9-7-13(8-10(9)11(14)15)12(16)17-6-4-2/h4,9-10H,2-3,5-8H2,1H3,(H,14,15)/t9-,10-/m0/s1. The van der Waals surface area contributed by atoms with Gasteiger partial charge in [0.25, 0.3) is 0 Å². The summed E-state index contributed by atoms with van der Waals surface area (Å²) in [5.74, 6) is -1.26. The number of carboxylic acid groups (broad SMARTS) is 1. The van der Waals surface area contributed by atoms with Crippen LogP contribution in [-0.2, 0) is 9.53 Å². The molecule has 1 saturated heterocycles. The Bertz CT molecular complexity index is 303. The summed E-state index contributed by atoms with van der Waals surface area (Å²) in [6, 6.07) is 0. The van der Waals surface area contributed by atoms with Gasteiger partial charge in [-0.25, -0.2) is 4.79 Å². The molecule has 5 heteroatoms. The van der Waals surface area contributed by atoms with Crippen LogP contribution in [0.5, 0.6) is 0 Å². The molecule has 0 aromatic rings. The van der Waals surface area contributed by atoms with Crippen molar-refractivity contribution in [2.75, 3.05) is 19.7 Å². The van der Waals surface area contributed by atoms with Gasteiger partial charge < -0.3 is 14.7 Å². The number of carbonyl (C=O) groups excluding carboxylic acids is 1. The van der Waals surface area contributed by atoms with Crippen molar-refractivity contribution in [3.8, 4) is 0 Å². The van der Waals surface area contributed by atoms with Crippen molar-refractivity contribution in [2.45, 2.75) is 19.8 Å². The molecule has 96 valence electrons. The zero-order valence-electron chi connectivity index (χ0n) is 10.1. The molecule has 1 rings (SSSR count). The number of amides is 1. The second-order valence-electron chi connectivity index (χ2n) is 4.26. The number of carboxylic acids is 1. The first-order chi connectivity index (χ1) is 8.10. The van der Waals surface area contributed by atoms with Gasteiger partial charge in [0.15, 0.2) is 0 Å². The van der Waals surface area contributed by atoms with E-state index in [4.69, 9.17) is 9.84 Å². The Kier molecular flexibility index (Phi) is 5.00. The highest BCUT2D eigenvalue weighted by molar-refractivity contribution is 5.74. The molecular weight excluding hydrogens is 222 g/mol. The molecule has 1 aliphatic heterocycles. The van der Waals surface area contributed by atoms with E-state index in [2.05, 4.69) is 6.58 Å². The number of hydrogen-bond acceptors (Lipinski definition) is 3. The molecule has 0 aromatic carbocycles. The fourth-order valence-electron chi connectivity index (χ4n) is 2.18. The van der Waals surface area contributed by atoms with Gasteiger partial charge in [0, 0.05) is 13.1 Å². The molecule has 0 saturated carbocycles. The second-order valence-corrected chi connectivity index (χ2v) is 4.26. The maximum absolute atomic E-state index is 11.6. The first-order valence-corrected chi connectivity index (χ1v) is 5.85. The molecular formula is C12H19NO4. The molecule has 0 spiro atoms. The summed E-state index contributed by atoms with van der Waals surface area (Å²) in [4.78, 5) is 24.1. The van der Waals surface area contributed by atoms with E-state index in [9.17, 15) is 9.59 Å². The van der Waals surface area contributed by atoms with Crippen molar-refractivity contribution in [1.82, 2.24) is 4.90 Å². The van der Waals surface area contributed by atoms with Crippen molar-refractivity contribution >= 4 is 12.1 Å². The highest BCUT2D eigenvalue weighted by Crippen LogP contribution is 2.28. The Morgan fingerprint density at radius 1 is 1.53 bits per heavy atom. The summed E-state index contributed by atoms with van der Waals surface area (Å²) in [6.07, 6.45) is 2.79. The zero-order chi connectivity index (χ0) is 12.8. The molecule has 1 amide bonds. The van der Waals surface area contributed by atoms with Crippen LogP contribution < -0.4 is 0 Å². The van der Waals surface area contributed by atoms with Crippen LogP contribution in [0.4, 0.5) is 4.79 Å². The van der Waals surface area contributed by atoms with E-state index in [1.54, 1.807) is 0 Å². The predicted octanol–water partition coefficient (Wildman–Crippen LogP) is 1.74. The number of likely N-dealkylation sites (tertiary alicyclic amines) is 1. The van der Waals surface area contributed by atoms with Gasteiger partial charge in [-0.15, -0.1) is 0 Å². The first-order valence-electron chi connectivity index (χ1n) is 5.85. The molecule has 2 atom stereocenters. The lowest BCUT2D eigenvalue weighted by Crippen LogP contribution is -2.30. The summed E-state index contributed by atoms with van der Waals surface area (Å²) in [5, 5.41) is 9.09. The molecule has 1 fully saturated rings. The number of carbonyl (C=O) groups is 2. The number of rotatable bonds is 5. The van der Waals surface area contributed by atoms with Crippen LogP contribution in [0, 0.1) is 11.8 Å². The molecule has 1 N–H and O–H groups in total. The minimum atomic E-state index is -0.831. The summed E-state index contributed by atoms with van der Waals surface area (Å²) >= 11 is 0. The summed E-state index contributed by atoms with van der Waals surface area (Å²) < 4.78 is 4.91. The van der Waals surface area contributed by atoms with Gasteiger partial charge in [-0.2, -0.15) is 0 Å². The van der Waals surface area contributed by atoms with Gasteiger partial charge in [-0.1, -0.05) is 26.0 Å². The minimum Gasteiger partial charge on any atom is -0.481 e. The minimum absolute atomic E-state index is 0.0359. The van der Waals surface area contributed by atoms with E-state index >= 15 is 0 Å². The van der Waals surface area contributed by atoms with E-state index in [1.807, 2.05) is 6.92 Å². The number of aliphatic carboxylic acids is 1. The van der Waals surface area contributed by atoms with Crippen LogP contribution in [-0.4, -0.2) is 41.8 Å². The lowest BCUT2D eigenvalue weighted by molar-refractivity contribution is -0.142. The third kappa shape index (κ3) is 3.47. The summed E-state index contributed by atoms with van der Waals surface area (Å²) in [7, 11) is 0. The van der Waals surface area contributed by atoms with Gasteiger partial charge in [0.1, 0.15) is 6.61 Å². The van der Waals surface area contributed by atoms with Crippen LogP contribution in [0.25, 0.3) is 0 Å². The maximum Gasteiger partial charge on any atom is 0.410 e. The topological polar surface area (TPSA) is 66.8 Å². The van der Waals surface area contributed by atoms with Crippen molar-refractivity contribution in [3.05, 3.63) is 12.7 Å². The van der Waals surface area contributed by atoms with Crippen LogP contribution in [0.1, 0.15) is 19.8 Å². The van der Waals surface area contributed by atoms with E-state index in [-0.39, 0.29) is 19.1 Å². The summed E-state index contributed by atoms with van der Waals surface area (Å²) in [6.45, 7) is 6.35. The molecule has 5 nitrogen and oxygen atoms in total. The average molecular weight is 241 g/mol. The molecule has 0 radical (unpaired) electrons. The van der Waals surface area contributed by atoms with E-state index in [1.165, 1.54) is 11.0 Å². The Labute approximate surface area is 101 Å². The Morgan fingerprint density at radius 3 is 2.76 bits per heavy atom. The van der Waals surface area contributed by atoms with Crippen LogP contribution >= 0.6 is 0 Å². The Balaban J connectivity index is 2.58. The lowest BCUT2D eigenvalue weighted by Gasteiger charge is -2.15. The Hall–Kier alpha value is -1.52. The number of nitrogens with zero attached hydrogens (tertiary/aromatic N) is 1. The van der Waals surface area contributed by atoms with E-state index in [0.29, 0.717) is 6.54 Å². The maximum atomic E-state index is 11.6. The molecule has 1 aliphatic rings. The molecule has 0 unspecified atom stereocenters. The number of hydrogen-bond donors (Lipinski definition) is 1. The highest BCUT2D eigenvalue weighted by Gasteiger charge is 2.39. The SMILES string of the molecule is C=CCOC(=O)N1C[C@H](CCC)[C@@H](C(=O)O)C1. The normalized spacial score (nSPS) is 23.5. The van der Waals surface area contributed by atoms with Crippen molar-refractivity contribution in [3.63, 3.8) is 0 Å². The molecule has 1 heterocycles. The monoisotopic (exact) mass is 241 g/mol. The average Bonchev–Trinajstić information content (AvgIpc) is 2.70. The largest absolute Gasteiger partial charge is 0.481 e. The summed E-state index contributed by atoms with van der Waals surface area (Å²) in [5.41, 5.74) is 0. The molecule has 0 bridgehead atoms. The predicted molar refractivity (Wildman–Crippen MR) is 62.6 cm³/mol. The quantitative estimate of drug-likeness (QED) is 0.744. The smallest absolute Gasteiger partial charge is 0.410 e. The van der Waals surface area contributed by atoms with Gasteiger partial charge >= 0.3 is 12.1 Å². The van der Waals surface area contributed by atoms with E-state index < -0.39 is 18.0 Å². The van der Waals surface area contributed by atoms with Gasteiger partial charge in [-0.3, -0.25) is 4.79 Å². The fourth-order valence-corrected chi connectivity index (χ4v) is 2.18. The fraction of sp³-hybridized carbons (Fsp3) is 0.667. The third-order valence-electron chi connectivity index (χ3n) is 3.00. The molecule has 0 aromatic heterocycles. The second kappa shape index (κ2) is 6.27. The first kappa shape index (κ1) is 13.5.